The van der Waals surface area contributed by atoms with E-state index >= 15 is 0 Å². The lowest BCUT2D eigenvalue weighted by atomic mass is 10.3. The van der Waals surface area contributed by atoms with Crippen molar-refractivity contribution in [2.24, 2.45) is 0 Å². The Morgan fingerprint density at radius 2 is 2.31 bits per heavy atom. The molecular formula is C9H10FNO2. The molecule has 0 atom stereocenters. The Hall–Kier alpha value is -1.42. The summed E-state index contributed by atoms with van der Waals surface area (Å²) in [5, 5.41) is 8.55. The molecule has 70 valence electrons. The summed E-state index contributed by atoms with van der Waals surface area (Å²) in [5.74, 6) is -0.874. The minimum Gasteiger partial charge on any atom is -0.387 e. The molecule has 0 aliphatic heterocycles. The average molecular weight is 183 g/mol. The first kappa shape index (κ1) is 9.67. The van der Waals surface area contributed by atoms with Crippen LogP contribution in [-0.4, -0.2) is 24.7 Å². The van der Waals surface area contributed by atoms with Crippen LogP contribution in [0.25, 0.3) is 0 Å². The molecule has 0 saturated heterocycles. The van der Waals surface area contributed by atoms with Gasteiger partial charge in [-0.25, -0.2) is 4.39 Å². The summed E-state index contributed by atoms with van der Waals surface area (Å²) in [4.78, 5) is 12.2. The summed E-state index contributed by atoms with van der Waals surface area (Å²) in [7, 11) is 1.48. The number of likely N-dealkylation sites (N-methyl/N-ethyl adjacent to an activating group) is 1. The molecule has 0 bridgehead atoms. The fourth-order valence-electron chi connectivity index (χ4n) is 0.935. The van der Waals surface area contributed by atoms with Gasteiger partial charge in [0.05, 0.1) is 0 Å². The summed E-state index contributed by atoms with van der Waals surface area (Å²) >= 11 is 0. The highest BCUT2D eigenvalue weighted by Crippen LogP contribution is 2.13. The van der Waals surface area contributed by atoms with Crippen LogP contribution in [0.5, 0.6) is 0 Å². The minimum absolute atomic E-state index is 0.407. The quantitative estimate of drug-likeness (QED) is 0.736. The number of carbonyl (C=O) groups is 1. The van der Waals surface area contributed by atoms with E-state index in [1.807, 2.05) is 0 Å². The van der Waals surface area contributed by atoms with Crippen molar-refractivity contribution >= 4 is 11.6 Å². The lowest BCUT2D eigenvalue weighted by Gasteiger charge is -2.15. The largest absolute Gasteiger partial charge is 0.387 e. The van der Waals surface area contributed by atoms with Gasteiger partial charge in [0.2, 0.25) is 0 Å². The number of hydrogen-bond acceptors (Lipinski definition) is 2. The maximum absolute atomic E-state index is 12.7. The Morgan fingerprint density at radius 1 is 1.62 bits per heavy atom. The van der Waals surface area contributed by atoms with Crippen molar-refractivity contribution in [3.8, 4) is 0 Å². The number of benzene rings is 1. The monoisotopic (exact) mass is 183 g/mol. The molecule has 0 fully saturated rings. The SMILES string of the molecule is CN(C(=O)CO)c1cccc(F)c1. The molecule has 0 unspecified atom stereocenters. The van der Waals surface area contributed by atoms with E-state index in [0.717, 1.165) is 0 Å². The molecule has 4 heteroatoms. The molecule has 1 amide bonds. The van der Waals surface area contributed by atoms with E-state index in [1.165, 1.54) is 30.1 Å². The number of amides is 1. The number of carbonyl (C=O) groups excluding carboxylic acids is 1. The highest BCUT2D eigenvalue weighted by molar-refractivity contribution is 5.93. The topological polar surface area (TPSA) is 40.5 Å². The van der Waals surface area contributed by atoms with Crippen LogP contribution in [-0.2, 0) is 4.79 Å². The number of aliphatic hydroxyl groups excluding tert-OH is 1. The lowest BCUT2D eigenvalue weighted by molar-refractivity contribution is -0.120. The maximum Gasteiger partial charge on any atom is 0.252 e. The van der Waals surface area contributed by atoms with Crippen molar-refractivity contribution in [2.75, 3.05) is 18.6 Å². The summed E-state index contributed by atoms with van der Waals surface area (Å²) < 4.78 is 12.7. The number of halogens is 1. The van der Waals surface area contributed by atoms with Crippen LogP contribution >= 0.6 is 0 Å². The van der Waals surface area contributed by atoms with Crippen LogP contribution < -0.4 is 4.90 Å². The second kappa shape index (κ2) is 4.00. The van der Waals surface area contributed by atoms with E-state index in [4.69, 9.17) is 5.11 Å². The second-order valence-corrected chi connectivity index (χ2v) is 2.59. The fourth-order valence-corrected chi connectivity index (χ4v) is 0.935. The van der Waals surface area contributed by atoms with Gasteiger partial charge in [0.15, 0.2) is 0 Å². The van der Waals surface area contributed by atoms with E-state index in [1.54, 1.807) is 6.07 Å². The highest BCUT2D eigenvalue weighted by atomic mass is 19.1. The van der Waals surface area contributed by atoms with Gasteiger partial charge in [0.1, 0.15) is 12.4 Å². The molecule has 0 heterocycles. The molecule has 0 aromatic heterocycles. The van der Waals surface area contributed by atoms with Gasteiger partial charge in [-0.1, -0.05) is 6.07 Å². The van der Waals surface area contributed by atoms with Crippen molar-refractivity contribution < 1.29 is 14.3 Å². The van der Waals surface area contributed by atoms with Crippen molar-refractivity contribution in [1.29, 1.82) is 0 Å². The molecule has 1 aromatic rings. The van der Waals surface area contributed by atoms with Crippen LogP contribution in [0.2, 0.25) is 0 Å². The van der Waals surface area contributed by atoms with Gasteiger partial charge in [0, 0.05) is 12.7 Å². The first-order chi connectivity index (χ1) is 6.15. The smallest absolute Gasteiger partial charge is 0.252 e. The average Bonchev–Trinajstić information content (AvgIpc) is 2.15. The third-order valence-electron chi connectivity index (χ3n) is 1.70. The molecule has 0 radical (unpaired) electrons. The third-order valence-corrected chi connectivity index (χ3v) is 1.70. The molecule has 0 spiro atoms. The van der Waals surface area contributed by atoms with E-state index < -0.39 is 18.3 Å². The third kappa shape index (κ3) is 2.26. The molecule has 1 N–H and O–H groups in total. The van der Waals surface area contributed by atoms with Crippen molar-refractivity contribution in [3.63, 3.8) is 0 Å². The van der Waals surface area contributed by atoms with E-state index in [-0.39, 0.29) is 0 Å². The molecule has 3 nitrogen and oxygen atoms in total. The Labute approximate surface area is 75.4 Å². The Balaban J connectivity index is 2.88. The van der Waals surface area contributed by atoms with Crippen LogP contribution in [0.4, 0.5) is 10.1 Å². The van der Waals surface area contributed by atoms with E-state index in [9.17, 15) is 9.18 Å². The molecule has 1 aromatic carbocycles. The number of rotatable bonds is 2. The van der Waals surface area contributed by atoms with Gasteiger partial charge in [-0.05, 0) is 18.2 Å². The number of nitrogens with zero attached hydrogens (tertiary/aromatic N) is 1. The molecule has 1 rings (SSSR count). The van der Waals surface area contributed by atoms with Crippen LogP contribution in [0.15, 0.2) is 24.3 Å². The Morgan fingerprint density at radius 3 is 2.85 bits per heavy atom. The molecule has 13 heavy (non-hydrogen) atoms. The van der Waals surface area contributed by atoms with Gasteiger partial charge in [-0.2, -0.15) is 0 Å². The minimum atomic E-state index is -0.576. The van der Waals surface area contributed by atoms with Crippen molar-refractivity contribution in [1.82, 2.24) is 0 Å². The van der Waals surface area contributed by atoms with Gasteiger partial charge in [-0.15, -0.1) is 0 Å². The zero-order valence-electron chi connectivity index (χ0n) is 7.20. The highest BCUT2D eigenvalue weighted by Gasteiger charge is 2.08. The molecule has 0 aliphatic rings. The summed E-state index contributed by atoms with van der Waals surface area (Å²) in [6.07, 6.45) is 0. The zero-order chi connectivity index (χ0) is 9.84. The fraction of sp³-hybridized carbons (Fsp3) is 0.222. The second-order valence-electron chi connectivity index (χ2n) is 2.59. The van der Waals surface area contributed by atoms with Gasteiger partial charge < -0.3 is 10.0 Å². The first-order valence-corrected chi connectivity index (χ1v) is 3.78. The molecule has 0 aliphatic carbocycles. The van der Waals surface area contributed by atoms with E-state index in [2.05, 4.69) is 0 Å². The first-order valence-electron chi connectivity index (χ1n) is 3.78. The van der Waals surface area contributed by atoms with E-state index in [0.29, 0.717) is 5.69 Å². The van der Waals surface area contributed by atoms with Crippen LogP contribution in [0.3, 0.4) is 0 Å². The number of aliphatic hydroxyl groups is 1. The van der Waals surface area contributed by atoms with Gasteiger partial charge in [-0.3, -0.25) is 4.79 Å². The normalized spacial score (nSPS) is 9.77. The van der Waals surface area contributed by atoms with Crippen molar-refractivity contribution in [3.05, 3.63) is 30.1 Å². The summed E-state index contributed by atoms with van der Waals surface area (Å²) in [6.45, 7) is -0.576. The lowest BCUT2D eigenvalue weighted by Crippen LogP contribution is -2.28. The predicted molar refractivity (Wildman–Crippen MR) is 46.9 cm³/mol. The van der Waals surface area contributed by atoms with Gasteiger partial charge in [0.25, 0.3) is 5.91 Å². The Bertz CT molecular complexity index is 314. The standard InChI is InChI=1S/C9H10FNO2/c1-11(9(13)6-12)8-4-2-3-7(10)5-8/h2-5,12H,6H2,1H3. The van der Waals surface area contributed by atoms with Crippen LogP contribution in [0.1, 0.15) is 0 Å². The molecule has 0 saturated carbocycles. The zero-order valence-corrected chi connectivity index (χ0v) is 7.20. The summed E-state index contributed by atoms with van der Waals surface area (Å²) in [6, 6.07) is 5.62. The summed E-state index contributed by atoms with van der Waals surface area (Å²) in [5.41, 5.74) is 0.430. The Kier molecular flexibility index (Phi) is 2.97. The predicted octanol–water partition coefficient (Wildman–Crippen LogP) is 0.781. The number of anilines is 1. The molecular weight excluding hydrogens is 173 g/mol. The van der Waals surface area contributed by atoms with Crippen molar-refractivity contribution in [2.45, 2.75) is 0 Å². The maximum atomic E-state index is 12.7. The van der Waals surface area contributed by atoms with Crippen LogP contribution in [0, 0.1) is 5.82 Å². The van der Waals surface area contributed by atoms with Gasteiger partial charge >= 0.3 is 0 Å². The number of hydrogen-bond donors (Lipinski definition) is 1.